The van der Waals surface area contributed by atoms with Gasteiger partial charge in [-0.2, -0.15) is 0 Å². The zero-order chi connectivity index (χ0) is 16.8. The van der Waals surface area contributed by atoms with Crippen molar-refractivity contribution >= 4 is 34.9 Å². The summed E-state index contributed by atoms with van der Waals surface area (Å²) in [5.41, 5.74) is 2.50. The molecule has 0 heterocycles. The van der Waals surface area contributed by atoms with Crippen molar-refractivity contribution in [1.82, 2.24) is 0 Å². The van der Waals surface area contributed by atoms with Crippen LogP contribution in [0.15, 0.2) is 42.5 Å². The van der Waals surface area contributed by atoms with Gasteiger partial charge in [-0.1, -0.05) is 29.8 Å². The third-order valence-electron chi connectivity index (χ3n) is 3.25. The van der Waals surface area contributed by atoms with Crippen molar-refractivity contribution in [1.29, 1.82) is 0 Å². The molecule has 23 heavy (non-hydrogen) atoms. The summed E-state index contributed by atoms with van der Waals surface area (Å²) in [6, 6.07) is 12.3. The summed E-state index contributed by atoms with van der Waals surface area (Å²) in [7, 11) is 1.29. The molecule has 2 N–H and O–H groups in total. The highest BCUT2D eigenvalue weighted by atomic mass is 35.5. The van der Waals surface area contributed by atoms with E-state index in [1.54, 1.807) is 12.1 Å². The average Bonchev–Trinajstić information content (AvgIpc) is 2.55. The fourth-order valence-corrected chi connectivity index (χ4v) is 2.20. The van der Waals surface area contributed by atoms with Crippen molar-refractivity contribution in [2.75, 3.05) is 24.3 Å². The molecule has 0 aliphatic rings. The summed E-state index contributed by atoms with van der Waals surface area (Å²) in [4.78, 5) is 23.8. The van der Waals surface area contributed by atoms with Crippen LogP contribution < -0.4 is 10.6 Å². The first kappa shape index (κ1) is 16.8. The average molecular weight is 333 g/mol. The number of hydrogen-bond acceptors (Lipinski definition) is 4. The molecule has 0 radical (unpaired) electrons. The molecule has 0 fully saturated rings. The molecule has 2 rings (SSSR count). The Labute approximate surface area is 139 Å². The molecule has 120 valence electrons. The number of rotatable bonds is 5. The summed E-state index contributed by atoms with van der Waals surface area (Å²) in [6.45, 7) is 1.93. The number of nitrogens with one attached hydrogen (secondary N) is 2. The van der Waals surface area contributed by atoms with Crippen molar-refractivity contribution in [3.8, 4) is 0 Å². The maximum absolute atomic E-state index is 12.0. The monoisotopic (exact) mass is 332 g/mol. The number of ether oxygens (including phenoxy) is 1. The van der Waals surface area contributed by atoms with Gasteiger partial charge in [0.2, 0.25) is 5.91 Å². The van der Waals surface area contributed by atoms with Crippen LogP contribution in [-0.2, 0) is 9.53 Å². The maximum Gasteiger partial charge on any atom is 0.340 e. The Hall–Kier alpha value is -2.53. The van der Waals surface area contributed by atoms with Crippen molar-refractivity contribution < 1.29 is 14.3 Å². The van der Waals surface area contributed by atoms with E-state index in [1.807, 2.05) is 31.2 Å². The molecule has 2 aromatic carbocycles. The standard InChI is InChI=1S/C17H17ClN2O3/c1-11-5-3-4-6-14(11)20-16(21)10-19-15-8-7-12(18)9-13(15)17(22)23-2/h3-9,19H,10H2,1-2H3,(H,20,21). The van der Waals surface area contributed by atoms with E-state index in [4.69, 9.17) is 16.3 Å². The SMILES string of the molecule is COC(=O)c1cc(Cl)ccc1NCC(=O)Nc1ccccc1C. The molecular weight excluding hydrogens is 316 g/mol. The van der Waals surface area contributed by atoms with Gasteiger partial charge in [0.15, 0.2) is 0 Å². The van der Waals surface area contributed by atoms with Gasteiger partial charge in [-0.3, -0.25) is 4.79 Å². The molecule has 0 spiro atoms. The van der Waals surface area contributed by atoms with Crippen LogP contribution in [0.25, 0.3) is 0 Å². The number of esters is 1. The topological polar surface area (TPSA) is 67.4 Å². The highest BCUT2D eigenvalue weighted by molar-refractivity contribution is 6.31. The summed E-state index contributed by atoms with van der Waals surface area (Å²) in [5.74, 6) is -0.737. The number of carbonyl (C=O) groups is 2. The number of anilines is 2. The summed E-state index contributed by atoms with van der Waals surface area (Å²) in [6.07, 6.45) is 0. The van der Waals surface area contributed by atoms with Crippen LogP contribution in [0.5, 0.6) is 0 Å². The van der Waals surface area contributed by atoms with Gasteiger partial charge in [0.1, 0.15) is 0 Å². The number of para-hydroxylation sites is 1. The minimum Gasteiger partial charge on any atom is -0.465 e. The van der Waals surface area contributed by atoms with Crippen molar-refractivity contribution in [3.63, 3.8) is 0 Å². The molecule has 0 bridgehead atoms. The quantitative estimate of drug-likeness (QED) is 0.822. The highest BCUT2D eigenvalue weighted by Gasteiger charge is 2.13. The van der Waals surface area contributed by atoms with Crippen LogP contribution in [0.2, 0.25) is 5.02 Å². The number of hydrogen-bond donors (Lipinski definition) is 2. The summed E-state index contributed by atoms with van der Waals surface area (Å²) in [5, 5.41) is 6.15. The number of aryl methyl sites for hydroxylation is 1. The zero-order valence-electron chi connectivity index (χ0n) is 12.9. The molecule has 0 aliphatic carbocycles. The van der Waals surface area contributed by atoms with Crippen molar-refractivity contribution in [2.45, 2.75) is 6.92 Å². The fourth-order valence-electron chi connectivity index (χ4n) is 2.03. The smallest absolute Gasteiger partial charge is 0.340 e. The lowest BCUT2D eigenvalue weighted by atomic mass is 10.1. The zero-order valence-corrected chi connectivity index (χ0v) is 13.6. The second kappa shape index (κ2) is 7.65. The van der Waals surface area contributed by atoms with Crippen LogP contribution in [0, 0.1) is 6.92 Å². The van der Waals surface area contributed by atoms with Crippen molar-refractivity contribution in [2.24, 2.45) is 0 Å². The Morgan fingerprint density at radius 1 is 1.13 bits per heavy atom. The molecule has 1 amide bonds. The van der Waals surface area contributed by atoms with Crippen LogP contribution in [0.1, 0.15) is 15.9 Å². The van der Waals surface area contributed by atoms with E-state index in [2.05, 4.69) is 10.6 Å². The van der Waals surface area contributed by atoms with E-state index < -0.39 is 5.97 Å². The van der Waals surface area contributed by atoms with Gasteiger partial charge in [0.05, 0.1) is 19.2 Å². The van der Waals surface area contributed by atoms with Gasteiger partial charge in [0.25, 0.3) is 0 Å². The molecule has 0 saturated heterocycles. The minimum atomic E-state index is -0.519. The number of methoxy groups -OCH3 is 1. The molecule has 0 unspecified atom stereocenters. The predicted octanol–water partition coefficient (Wildman–Crippen LogP) is 3.49. The Kier molecular flexibility index (Phi) is 5.60. The van der Waals surface area contributed by atoms with Gasteiger partial charge in [-0.05, 0) is 36.8 Å². The third-order valence-corrected chi connectivity index (χ3v) is 3.48. The lowest BCUT2D eigenvalue weighted by molar-refractivity contribution is -0.114. The highest BCUT2D eigenvalue weighted by Crippen LogP contribution is 2.21. The number of carbonyl (C=O) groups excluding carboxylic acids is 2. The molecule has 2 aromatic rings. The minimum absolute atomic E-state index is 0.0139. The molecule has 6 heteroatoms. The lowest BCUT2D eigenvalue weighted by Crippen LogP contribution is -2.23. The second-order valence-electron chi connectivity index (χ2n) is 4.90. The molecule has 0 aromatic heterocycles. The van der Waals surface area contributed by atoms with Crippen LogP contribution in [-0.4, -0.2) is 25.5 Å². The third kappa shape index (κ3) is 4.47. The van der Waals surface area contributed by atoms with Gasteiger partial charge in [-0.15, -0.1) is 0 Å². The van der Waals surface area contributed by atoms with E-state index in [9.17, 15) is 9.59 Å². The fraction of sp³-hybridized carbons (Fsp3) is 0.176. The lowest BCUT2D eigenvalue weighted by Gasteiger charge is -2.12. The van der Waals surface area contributed by atoms with Gasteiger partial charge >= 0.3 is 5.97 Å². The molecule has 0 atom stereocenters. The number of amides is 1. The summed E-state index contributed by atoms with van der Waals surface area (Å²) >= 11 is 5.89. The van der Waals surface area contributed by atoms with E-state index in [1.165, 1.54) is 13.2 Å². The maximum atomic E-state index is 12.0. The van der Waals surface area contributed by atoms with Gasteiger partial charge in [0, 0.05) is 16.4 Å². The van der Waals surface area contributed by atoms with Crippen LogP contribution in [0.3, 0.4) is 0 Å². The van der Waals surface area contributed by atoms with E-state index in [0.717, 1.165) is 11.3 Å². The van der Waals surface area contributed by atoms with E-state index >= 15 is 0 Å². The normalized spacial score (nSPS) is 10.0. The first-order valence-electron chi connectivity index (χ1n) is 6.98. The Morgan fingerprint density at radius 3 is 2.57 bits per heavy atom. The number of benzene rings is 2. The van der Waals surface area contributed by atoms with Crippen LogP contribution in [0.4, 0.5) is 11.4 Å². The Morgan fingerprint density at radius 2 is 1.87 bits per heavy atom. The van der Waals surface area contributed by atoms with Gasteiger partial charge in [-0.25, -0.2) is 4.79 Å². The Bertz CT molecular complexity index is 732. The first-order chi connectivity index (χ1) is 11.0. The first-order valence-corrected chi connectivity index (χ1v) is 7.36. The van der Waals surface area contributed by atoms with Crippen LogP contribution >= 0.6 is 11.6 Å². The van der Waals surface area contributed by atoms with Gasteiger partial charge < -0.3 is 15.4 Å². The molecular formula is C17H17ClN2O3. The second-order valence-corrected chi connectivity index (χ2v) is 5.33. The number of halogens is 1. The van der Waals surface area contributed by atoms with E-state index in [-0.39, 0.29) is 18.0 Å². The largest absolute Gasteiger partial charge is 0.465 e. The molecule has 0 saturated carbocycles. The summed E-state index contributed by atoms with van der Waals surface area (Å²) < 4.78 is 4.71. The molecule has 5 nitrogen and oxygen atoms in total. The Balaban J connectivity index is 2.05. The molecule has 0 aliphatic heterocycles. The van der Waals surface area contributed by atoms with E-state index in [0.29, 0.717) is 10.7 Å². The predicted molar refractivity (Wildman–Crippen MR) is 91.1 cm³/mol. The van der Waals surface area contributed by atoms with Crippen molar-refractivity contribution in [3.05, 3.63) is 58.6 Å².